The predicted molar refractivity (Wildman–Crippen MR) is 91.7 cm³/mol. The topological polar surface area (TPSA) is 18.5 Å². The lowest BCUT2D eigenvalue weighted by molar-refractivity contribution is -0.0129. The van der Waals surface area contributed by atoms with Crippen LogP contribution in [-0.4, -0.2) is 60.6 Å². The highest BCUT2D eigenvalue weighted by molar-refractivity contribution is 4.97. The first-order valence-electron chi connectivity index (χ1n) is 9.13. The third-order valence-electron chi connectivity index (χ3n) is 5.89. The van der Waals surface area contributed by atoms with E-state index < -0.39 is 0 Å². The van der Waals surface area contributed by atoms with E-state index in [9.17, 15) is 0 Å². The summed E-state index contributed by atoms with van der Waals surface area (Å²) in [5.74, 6) is 1.68. The fourth-order valence-corrected chi connectivity index (χ4v) is 4.68. The lowest BCUT2D eigenvalue weighted by Gasteiger charge is -2.51. The number of nitrogens with one attached hydrogen (secondary N) is 1. The molecule has 1 saturated heterocycles. The molecule has 6 atom stereocenters. The van der Waals surface area contributed by atoms with Gasteiger partial charge in [0.2, 0.25) is 0 Å². The van der Waals surface area contributed by atoms with Gasteiger partial charge in [-0.25, -0.2) is 0 Å². The van der Waals surface area contributed by atoms with E-state index in [-0.39, 0.29) is 0 Å². The van der Waals surface area contributed by atoms with E-state index in [0.29, 0.717) is 18.1 Å². The molecule has 2 aliphatic rings. The van der Waals surface area contributed by atoms with Crippen molar-refractivity contribution in [1.82, 2.24) is 15.1 Å². The molecule has 0 bridgehead atoms. The second-order valence-corrected chi connectivity index (χ2v) is 7.92. The van der Waals surface area contributed by atoms with Gasteiger partial charge in [-0.3, -0.25) is 9.80 Å². The van der Waals surface area contributed by atoms with Crippen molar-refractivity contribution < 1.29 is 0 Å². The molecule has 0 amide bonds. The van der Waals surface area contributed by atoms with Crippen LogP contribution in [-0.2, 0) is 0 Å². The number of piperazine rings is 1. The molecule has 21 heavy (non-hydrogen) atoms. The molecule has 3 heteroatoms. The third kappa shape index (κ3) is 4.00. The molecule has 1 heterocycles. The molecule has 0 radical (unpaired) electrons. The second-order valence-electron chi connectivity index (χ2n) is 7.92. The van der Waals surface area contributed by atoms with Crippen LogP contribution in [0.3, 0.4) is 0 Å². The van der Waals surface area contributed by atoms with Crippen molar-refractivity contribution in [2.24, 2.45) is 11.8 Å². The van der Waals surface area contributed by atoms with Gasteiger partial charge < -0.3 is 5.32 Å². The summed E-state index contributed by atoms with van der Waals surface area (Å²) in [6.45, 7) is 15.6. The standard InChI is InChI=1S/C18H37N3/c1-7-8-19-17-10-13(2)9-14(3)18(17)21-11-15(4)20(6)16(5)12-21/h13-19H,7-12H2,1-6H3. The molecule has 0 aromatic heterocycles. The molecule has 1 aliphatic carbocycles. The number of likely N-dealkylation sites (N-methyl/N-ethyl adjacent to an activating group) is 1. The molecule has 1 saturated carbocycles. The van der Waals surface area contributed by atoms with Crippen LogP contribution in [0.4, 0.5) is 0 Å². The average molecular weight is 296 g/mol. The maximum Gasteiger partial charge on any atom is 0.0276 e. The van der Waals surface area contributed by atoms with Crippen molar-refractivity contribution >= 4 is 0 Å². The summed E-state index contributed by atoms with van der Waals surface area (Å²) in [7, 11) is 2.28. The summed E-state index contributed by atoms with van der Waals surface area (Å²) < 4.78 is 0. The van der Waals surface area contributed by atoms with Crippen molar-refractivity contribution in [1.29, 1.82) is 0 Å². The van der Waals surface area contributed by atoms with E-state index in [1.807, 2.05) is 0 Å². The summed E-state index contributed by atoms with van der Waals surface area (Å²) in [5, 5.41) is 3.87. The highest BCUT2D eigenvalue weighted by atomic mass is 15.3. The Hall–Kier alpha value is -0.120. The van der Waals surface area contributed by atoms with Gasteiger partial charge in [0.05, 0.1) is 0 Å². The molecule has 1 N–H and O–H groups in total. The fraction of sp³-hybridized carbons (Fsp3) is 1.00. The molecule has 2 fully saturated rings. The zero-order valence-electron chi connectivity index (χ0n) is 15.1. The molecule has 0 aromatic rings. The summed E-state index contributed by atoms with van der Waals surface area (Å²) in [6, 6.07) is 2.76. The highest BCUT2D eigenvalue weighted by Gasteiger charge is 2.40. The monoisotopic (exact) mass is 295 g/mol. The maximum atomic E-state index is 3.87. The quantitative estimate of drug-likeness (QED) is 0.860. The lowest BCUT2D eigenvalue weighted by Crippen LogP contribution is -2.64. The van der Waals surface area contributed by atoms with Crippen LogP contribution in [0.1, 0.15) is 53.9 Å². The SMILES string of the molecule is CCCNC1CC(C)CC(C)C1N1CC(C)N(C)C(C)C1. The van der Waals surface area contributed by atoms with Gasteiger partial charge in [0.15, 0.2) is 0 Å². The molecule has 0 spiro atoms. The molecule has 124 valence electrons. The Morgan fingerprint density at radius 1 is 1.00 bits per heavy atom. The van der Waals surface area contributed by atoms with Gasteiger partial charge in [0.1, 0.15) is 0 Å². The third-order valence-corrected chi connectivity index (χ3v) is 5.89. The minimum absolute atomic E-state index is 0.673. The lowest BCUT2D eigenvalue weighted by atomic mass is 9.75. The van der Waals surface area contributed by atoms with E-state index in [0.717, 1.165) is 17.9 Å². The first-order valence-corrected chi connectivity index (χ1v) is 9.13. The number of nitrogens with zero attached hydrogens (tertiary/aromatic N) is 2. The predicted octanol–water partition coefficient (Wildman–Crippen LogP) is 2.81. The summed E-state index contributed by atoms with van der Waals surface area (Å²) in [4.78, 5) is 5.35. The highest BCUT2D eigenvalue weighted by Crippen LogP contribution is 2.34. The number of hydrogen-bond donors (Lipinski definition) is 1. The molecule has 0 aromatic carbocycles. The molecular weight excluding hydrogens is 258 g/mol. The van der Waals surface area contributed by atoms with Crippen molar-refractivity contribution in [2.75, 3.05) is 26.7 Å². The van der Waals surface area contributed by atoms with Gasteiger partial charge >= 0.3 is 0 Å². The van der Waals surface area contributed by atoms with E-state index in [1.165, 1.54) is 38.9 Å². The molecular formula is C18H37N3. The molecule has 6 unspecified atom stereocenters. The summed E-state index contributed by atoms with van der Waals surface area (Å²) in [6.07, 6.45) is 3.98. The molecule has 1 aliphatic heterocycles. The maximum absolute atomic E-state index is 3.87. The van der Waals surface area contributed by atoms with Crippen molar-refractivity contribution in [3.05, 3.63) is 0 Å². The summed E-state index contributed by atoms with van der Waals surface area (Å²) >= 11 is 0. The largest absolute Gasteiger partial charge is 0.312 e. The minimum Gasteiger partial charge on any atom is -0.312 e. The zero-order valence-corrected chi connectivity index (χ0v) is 15.1. The van der Waals surface area contributed by atoms with E-state index in [1.54, 1.807) is 0 Å². The van der Waals surface area contributed by atoms with Crippen LogP contribution in [0.2, 0.25) is 0 Å². The van der Waals surface area contributed by atoms with Crippen molar-refractivity contribution in [3.63, 3.8) is 0 Å². The first-order chi connectivity index (χ1) is 9.93. The van der Waals surface area contributed by atoms with Crippen LogP contribution >= 0.6 is 0 Å². The van der Waals surface area contributed by atoms with Crippen LogP contribution in [0.25, 0.3) is 0 Å². The number of hydrogen-bond acceptors (Lipinski definition) is 3. The van der Waals surface area contributed by atoms with Crippen LogP contribution in [0.15, 0.2) is 0 Å². The minimum atomic E-state index is 0.673. The van der Waals surface area contributed by atoms with Crippen molar-refractivity contribution in [3.8, 4) is 0 Å². The van der Waals surface area contributed by atoms with E-state index in [4.69, 9.17) is 0 Å². The van der Waals surface area contributed by atoms with Crippen LogP contribution in [0.5, 0.6) is 0 Å². The van der Waals surface area contributed by atoms with Crippen LogP contribution < -0.4 is 5.32 Å². The van der Waals surface area contributed by atoms with E-state index in [2.05, 4.69) is 56.8 Å². The van der Waals surface area contributed by atoms with Gasteiger partial charge in [-0.2, -0.15) is 0 Å². The van der Waals surface area contributed by atoms with Gasteiger partial charge in [-0.1, -0.05) is 20.8 Å². The van der Waals surface area contributed by atoms with Crippen LogP contribution in [0, 0.1) is 11.8 Å². The Bertz CT molecular complexity index is 308. The Labute approximate surface area is 132 Å². The Kier molecular flexibility index (Phi) is 6.10. The van der Waals surface area contributed by atoms with Gasteiger partial charge in [-0.15, -0.1) is 0 Å². The van der Waals surface area contributed by atoms with Gasteiger partial charge in [0.25, 0.3) is 0 Å². The van der Waals surface area contributed by atoms with Gasteiger partial charge in [0, 0.05) is 37.3 Å². The zero-order chi connectivity index (χ0) is 15.6. The Balaban J connectivity index is 2.09. The summed E-state index contributed by atoms with van der Waals surface area (Å²) in [5.41, 5.74) is 0. The Morgan fingerprint density at radius 3 is 2.19 bits per heavy atom. The molecule has 2 rings (SSSR count). The molecule has 3 nitrogen and oxygen atoms in total. The smallest absolute Gasteiger partial charge is 0.0276 e. The van der Waals surface area contributed by atoms with Crippen molar-refractivity contribution in [2.45, 2.75) is 78.0 Å². The van der Waals surface area contributed by atoms with Gasteiger partial charge in [-0.05, 0) is 58.5 Å². The average Bonchev–Trinajstić information content (AvgIpc) is 2.41. The first kappa shape index (κ1) is 17.2. The fourth-order valence-electron chi connectivity index (χ4n) is 4.68. The normalized spacial score (nSPS) is 43.1. The second kappa shape index (κ2) is 7.43. The van der Waals surface area contributed by atoms with E-state index >= 15 is 0 Å². The Morgan fingerprint density at radius 2 is 1.62 bits per heavy atom. The number of rotatable bonds is 4.